The summed E-state index contributed by atoms with van der Waals surface area (Å²) in [5, 5.41) is 9.94. The van der Waals surface area contributed by atoms with Gasteiger partial charge in [0, 0.05) is 26.2 Å². The van der Waals surface area contributed by atoms with E-state index < -0.39 is 0 Å². The van der Waals surface area contributed by atoms with Crippen molar-refractivity contribution >= 4 is 5.69 Å². The minimum atomic E-state index is 0.389. The fourth-order valence-electron chi connectivity index (χ4n) is 3.10. The average Bonchev–Trinajstić information content (AvgIpc) is 2.57. The summed E-state index contributed by atoms with van der Waals surface area (Å²) in [6, 6.07) is 18.3. The van der Waals surface area contributed by atoms with Crippen LogP contribution in [-0.4, -0.2) is 42.7 Å². The first kappa shape index (κ1) is 14.9. The molecule has 1 N–H and O–H groups in total. The lowest BCUT2D eigenvalue weighted by molar-refractivity contribution is 0.254. The summed E-state index contributed by atoms with van der Waals surface area (Å²) >= 11 is 0. The Balaban J connectivity index is 1.43. The van der Waals surface area contributed by atoms with E-state index in [4.69, 9.17) is 0 Å². The number of phenolic OH excluding ortho intramolecular Hbond substituents is 1. The number of anilines is 1. The van der Waals surface area contributed by atoms with Crippen molar-refractivity contribution in [2.24, 2.45) is 0 Å². The fraction of sp³-hybridized carbons (Fsp3) is 0.368. The first-order chi connectivity index (χ1) is 10.8. The van der Waals surface area contributed by atoms with Crippen LogP contribution in [0.15, 0.2) is 54.6 Å². The number of rotatable bonds is 5. The molecule has 0 aliphatic carbocycles. The first-order valence-electron chi connectivity index (χ1n) is 8.12. The summed E-state index contributed by atoms with van der Waals surface area (Å²) in [6.07, 6.45) is 2.36. The molecule has 2 aromatic rings. The van der Waals surface area contributed by atoms with Crippen molar-refractivity contribution in [2.75, 3.05) is 37.6 Å². The second-order valence-electron chi connectivity index (χ2n) is 5.91. The molecule has 0 saturated carbocycles. The zero-order valence-corrected chi connectivity index (χ0v) is 13.0. The van der Waals surface area contributed by atoms with Gasteiger partial charge in [-0.15, -0.1) is 0 Å². The standard InChI is InChI=1S/C19H24N2O/c22-19-11-5-4-10-18(19)21-15-13-20(14-16-21)12-6-9-17-7-2-1-3-8-17/h1-5,7-8,10-11,22H,6,9,12-16H2. The molecular formula is C19H24N2O. The third kappa shape index (κ3) is 3.80. The summed E-state index contributed by atoms with van der Waals surface area (Å²) in [5.41, 5.74) is 2.39. The van der Waals surface area contributed by atoms with Crippen LogP contribution in [-0.2, 0) is 6.42 Å². The Morgan fingerprint density at radius 2 is 1.50 bits per heavy atom. The molecule has 1 aliphatic heterocycles. The smallest absolute Gasteiger partial charge is 0.138 e. The average molecular weight is 296 g/mol. The van der Waals surface area contributed by atoms with E-state index >= 15 is 0 Å². The number of para-hydroxylation sites is 2. The van der Waals surface area contributed by atoms with E-state index in [0.29, 0.717) is 5.75 Å². The summed E-state index contributed by atoms with van der Waals surface area (Å²) in [7, 11) is 0. The Kier molecular flexibility index (Phi) is 4.96. The van der Waals surface area contributed by atoms with Gasteiger partial charge in [0.05, 0.1) is 5.69 Å². The summed E-state index contributed by atoms with van der Waals surface area (Å²) in [6.45, 7) is 5.28. The van der Waals surface area contributed by atoms with Crippen molar-refractivity contribution in [3.63, 3.8) is 0 Å². The maximum Gasteiger partial charge on any atom is 0.138 e. The van der Waals surface area contributed by atoms with Gasteiger partial charge in [0.15, 0.2) is 0 Å². The highest BCUT2D eigenvalue weighted by Gasteiger charge is 2.18. The number of aromatic hydroxyl groups is 1. The molecule has 1 saturated heterocycles. The van der Waals surface area contributed by atoms with Gasteiger partial charge < -0.3 is 10.0 Å². The molecule has 0 spiro atoms. The molecule has 1 fully saturated rings. The Labute approximate surface area is 132 Å². The second kappa shape index (κ2) is 7.32. The molecule has 0 bridgehead atoms. The van der Waals surface area contributed by atoms with E-state index in [1.54, 1.807) is 6.07 Å². The molecule has 116 valence electrons. The fourth-order valence-corrected chi connectivity index (χ4v) is 3.10. The van der Waals surface area contributed by atoms with Crippen molar-refractivity contribution in [1.29, 1.82) is 0 Å². The lowest BCUT2D eigenvalue weighted by atomic mass is 10.1. The van der Waals surface area contributed by atoms with E-state index in [-0.39, 0.29) is 0 Å². The van der Waals surface area contributed by atoms with Crippen molar-refractivity contribution in [2.45, 2.75) is 12.8 Å². The van der Waals surface area contributed by atoms with Crippen LogP contribution >= 0.6 is 0 Å². The van der Waals surface area contributed by atoms with E-state index in [0.717, 1.165) is 44.8 Å². The number of nitrogens with zero attached hydrogens (tertiary/aromatic N) is 2. The molecule has 0 aromatic heterocycles. The highest BCUT2D eigenvalue weighted by Crippen LogP contribution is 2.27. The number of aryl methyl sites for hydroxylation is 1. The van der Waals surface area contributed by atoms with E-state index in [9.17, 15) is 5.11 Å². The molecule has 0 atom stereocenters. The highest BCUT2D eigenvalue weighted by molar-refractivity contribution is 5.57. The van der Waals surface area contributed by atoms with Gasteiger partial charge in [0.1, 0.15) is 5.75 Å². The van der Waals surface area contributed by atoms with Crippen LogP contribution in [0.2, 0.25) is 0 Å². The molecule has 1 aliphatic rings. The van der Waals surface area contributed by atoms with Crippen LogP contribution in [0.1, 0.15) is 12.0 Å². The molecular weight excluding hydrogens is 272 g/mol. The van der Waals surface area contributed by atoms with Gasteiger partial charge >= 0.3 is 0 Å². The van der Waals surface area contributed by atoms with Crippen molar-refractivity contribution in [3.8, 4) is 5.75 Å². The third-order valence-electron chi connectivity index (χ3n) is 4.38. The van der Waals surface area contributed by atoms with Crippen molar-refractivity contribution in [3.05, 3.63) is 60.2 Å². The zero-order chi connectivity index (χ0) is 15.2. The molecule has 3 nitrogen and oxygen atoms in total. The maximum atomic E-state index is 9.94. The predicted octanol–water partition coefficient (Wildman–Crippen LogP) is 3.15. The Morgan fingerprint density at radius 1 is 0.818 bits per heavy atom. The zero-order valence-electron chi connectivity index (χ0n) is 13.0. The van der Waals surface area contributed by atoms with Gasteiger partial charge in [-0.25, -0.2) is 0 Å². The predicted molar refractivity (Wildman–Crippen MR) is 91.5 cm³/mol. The number of hydrogen-bond acceptors (Lipinski definition) is 3. The van der Waals surface area contributed by atoms with Crippen LogP contribution in [0.25, 0.3) is 0 Å². The molecule has 0 radical (unpaired) electrons. The molecule has 3 heteroatoms. The van der Waals surface area contributed by atoms with Crippen molar-refractivity contribution < 1.29 is 5.11 Å². The summed E-state index contributed by atoms with van der Waals surface area (Å²) in [4.78, 5) is 4.81. The van der Waals surface area contributed by atoms with Crippen LogP contribution in [0.4, 0.5) is 5.69 Å². The van der Waals surface area contributed by atoms with Gasteiger partial charge in [-0.05, 0) is 37.1 Å². The maximum absolute atomic E-state index is 9.94. The van der Waals surface area contributed by atoms with Gasteiger partial charge in [0.25, 0.3) is 0 Å². The van der Waals surface area contributed by atoms with E-state index in [1.165, 1.54) is 12.0 Å². The van der Waals surface area contributed by atoms with Gasteiger partial charge in [-0.3, -0.25) is 4.90 Å². The normalized spacial score (nSPS) is 15.9. The summed E-state index contributed by atoms with van der Waals surface area (Å²) < 4.78 is 0. The highest BCUT2D eigenvalue weighted by atomic mass is 16.3. The first-order valence-corrected chi connectivity index (χ1v) is 8.12. The molecule has 1 heterocycles. The van der Waals surface area contributed by atoms with Crippen LogP contribution in [0, 0.1) is 0 Å². The topological polar surface area (TPSA) is 26.7 Å². The number of benzene rings is 2. The largest absolute Gasteiger partial charge is 0.506 e. The molecule has 22 heavy (non-hydrogen) atoms. The summed E-state index contributed by atoms with van der Waals surface area (Å²) in [5.74, 6) is 0.389. The Bertz CT molecular complexity index is 577. The Hall–Kier alpha value is -2.00. The SMILES string of the molecule is Oc1ccccc1N1CCN(CCCc2ccccc2)CC1. The van der Waals surface area contributed by atoms with Crippen molar-refractivity contribution in [1.82, 2.24) is 4.90 Å². The quantitative estimate of drug-likeness (QED) is 0.918. The van der Waals surface area contributed by atoms with Crippen LogP contribution in [0.3, 0.4) is 0 Å². The number of hydrogen-bond donors (Lipinski definition) is 1. The lowest BCUT2D eigenvalue weighted by Gasteiger charge is -2.36. The number of piperazine rings is 1. The van der Waals surface area contributed by atoms with E-state index in [2.05, 4.69) is 40.1 Å². The van der Waals surface area contributed by atoms with Gasteiger partial charge in [-0.2, -0.15) is 0 Å². The van der Waals surface area contributed by atoms with Crippen LogP contribution in [0.5, 0.6) is 5.75 Å². The monoisotopic (exact) mass is 296 g/mol. The molecule has 0 amide bonds. The minimum Gasteiger partial charge on any atom is -0.506 e. The van der Waals surface area contributed by atoms with Gasteiger partial charge in [-0.1, -0.05) is 42.5 Å². The Morgan fingerprint density at radius 3 is 2.23 bits per heavy atom. The molecule has 2 aromatic carbocycles. The lowest BCUT2D eigenvalue weighted by Crippen LogP contribution is -2.46. The number of phenols is 1. The van der Waals surface area contributed by atoms with Gasteiger partial charge in [0.2, 0.25) is 0 Å². The molecule has 3 rings (SSSR count). The molecule has 0 unspecified atom stereocenters. The third-order valence-corrected chi connectivity index (χ3v) is 4.38. The van der Waals surface area contributed by atoms with Crippen LogP contribution < -0.4 is 4.90 Å². The minimum absolute atomic E-state index is 0.389. The second-order valence-corrected chi connectivity index (χ2v) is 5.91. The van der Waals surface area contributed by atoms with E-state index in [1.807, 2.05) is 18.2 Å².